The van der Waals surface area contributed by atoms with Crippen LogP contribution in [0.1, 0.15) is 18.2 Å². The minimum atomic E-state index is -0.0606. The number of hydrogen-bond acceptors (Lipinski definition) is 6. The number of thioether (sulfide) groups is 1. The summed E-state index contributed by atoms with van der Waals surface area (Å²) >= 11 is 3.17. The second-order valence-corrected chi connectivity index (χ2v) is 8.15. The lowest BCUT2D eigenvalue weighted by Gasteiger charge is -2.03. The average molecular weight is 359 g/mol. The molecule has 0 fully saturated rings. The molecule has 0 spiro atoms. The second kappa shape index (κ2) is 6.57. The van der Waals surface area contributed by atoms with E-state index in [1.54, 1.807) is 23.1 Å². The van der Waals surface area contributed by atoms with Crippen LogP contribution < -0.4 is 10.1 Å². The van der Waals surface area contributed by atoms with Crippen LogP contribution in [0.15, 0.2) is 28.6 Å². The number of nitrogens with one attached hydrogen (secondary N) is 1. The molecule has 2 aliphatic rings. The zero-order valence-electron chi connectivity index (χ0n) is 13.2. The Morgan fingerprint density at radius 3 is 3.21 bits per heavy atom. The zero-order chi connectivity index (χ0) is 16.5. The summed E-state index contributed by atoms with van der Waals surface area (Å²) in [4.78, 5) is 21.0. The van der Waals surface area contributed by atoms with Crippen molar-refractivity contribution in [1.82, 2.24) is 10.3 Å². The number of rotatable bonds is 3. The number of aliphatic imine (C=N–C) groups is 1. The third-order valence-electron chi connectivity index (χ3n) is 3.88. The van der Waals surface area contributed by atoms with Gasteiger partial charge in [-0.3, -0.25) is 9.79 Å². The maximum atomic E-state index is 12.1. The van der Waals surface area contributed by atoms with Gasteiger partial charge in [-0.1, -0.05) is 18.7 Å². The van der Waals surface area contributed by atoms with Crippen molar-refractivity contribution in [2.75, 3.05) is 13.2 Å². The fourth-order valence-electron chi connectivity index (χ4n) is 2.71. The highest BCUT2D eigenvalue weighted by atomic mass is 32.2. The summed E-state index contributed by atoms with van der Waals surface area (Å²) in [6.07, 6.45) is 1.22. The fourth-order valence-corrected chi connectivity index (χ4v) is 4.38. The molecule has 2 aromatic rings. The lowest BCUT2D eigenvalue weighted by Crippen LogP contribution is -2.29. The molecule has 1 N–H and O–H groups in total. The molecular weight excluding hydrogens is 342 g/mol. The number of carbonyl (C=O) groups is 1. The molecule has 1 aromatic heterocycles. The summed E-state index contributed by atoms with van der Waals surface area (Å²) in [5, 5.41) is 6.91. The van der Waals surface area contributed by atoms with Gasteiger partial charge in [-0.2, -0.15) is 0 Å². The van der Waals surface area contributed by atoms with Crippen molar-refractivity contribution >= 4 is 34.2 Å². The van der Waals surface area contributed by atoms with E-state index in [2.05, 4.69) is 28.3 Å². The van der Waals surface area contributed by atoms with Crippen molar-refractivity contribution in [3.05, 3.63) is 34.8 Å². The Labute approximate surface area is 148 Å². The minimum Gasteiger partial charge on any atom is -0.493 e. The van der Waals surface area contributed by atoms with E-state index in [9.17, 15) is 4.79 Å². The normalized spacial score (nSPS) is 18.9. The van der Waals surface area contributed by atoms with Gasteiger partial charge in [-0.25, -0.2) is 4.98 Å². The molecule has 124 valence electrons. The van der Waals surface area contributed by atoms with E-state index < -0.39 is 0 Å². The Morgan fingerprint density at radius 1 is 1.46 bits per heavy atom. The number of aromatic nitrogens is 1. The van der Waals surface area contributed by atoms with Gasteiger partial charge in [-0.05, 0) is 23.8 Å². The van der Waals surface area contributed by atoms with Crippen molar-refractivity contribution in [2.24, 2.45) is 4.99 Å². The molecule has 1 unspecified atom stereocenters. The van der Waals surface area contributed by atoms with E-state index in [4.69, 9.17) is 4.74 Å². The monoisotopic (exact) mass is 359 g/mol. The number of carbonyl (C=O) groups excluding carboxylic acids is 1. The van der Waals surface area contributed by atoms with Crippen LogP contribution in [0.5, 0.6) is 5.75 Å². The summed E-state index contributed by atoms with van der Waals surface area (Å²) in [5.74, 6) is 0.911. The van der Waals surface area contributed by atoms with Crippen LogP contribution in [0.25, 0.3) is 10.6 Å². The van der Waals surface area contributed by atoms with Crippen LogP contribution in [0, 0.1) is 0 Å². The van der Waals surface area contributed by atoms with Gasteiger partial charge in [0, 0.05) is 22.6 Å². The van der Waals surface area contributed by atoms with Crippen LogP contribution in [0.3, 0.4) is 0 Å². The molecule has 1 amide bonds. The highest BCUT2D eigenvalue weighted by Gasteiger charge is 2.18. The summed E-state index contributed by atoms with van der Waals surface area (Å²) in [6, 6.07) is 6.16. The second-order valence-electron chi connectivity index (χ2n) is 5.86. The summed E-state index contributed by atoms with van der Waals surface area (Å²) in [7, 11) is 0. The van der Waals surface area contributed by atoms with Gasteiger partial charge in [0.15, 0.2) is 5.17 Å². The smallest absolute Gasteiger partial charge is 0.231 e. The van der Waals surface area contributed by atoms with Crippen molar-refractivity contribution in [3.8, 4) is 16.3 Å². The largest absolute Gasteiger partial charge is 0.493 e. The number of hydrogen-bond donors (Lipinski definition) is 1. The molecule has 1 aromatic carbocycles. The number of amides is 1. The number of amidine groups is 1. The summed E-state index contributed by atoms with van der Waals surface area (Å²) in [5.41, 5.74) is 3.11. The minimum absolute atomic E-state index is 0.0606. The third kappa shape index (κ3) is 3.32. The lowest BCUT2D eigenvalue weighted by atomic mass is 10.1. The van der Waals surface area contributed by atoms with Gasteiger partial charge in [-0.15, -0.1) is 11.3 Å². The molecule has 24 heavy (non-hydrogen) atoms. The molecule has 0 saturated heterocycles. The average Bonchev–Trinajstić information content (AvgIpc) is 3.27. The molecule has 0 saturated carbocycles. The van der Waals surface area contributed by atoms with Crippen molar-refractivity contribution in [3.63, 3.8) is 0 Å². The number of ether oxygens (including phenoxy) is 1. The first-order chi connectivity index (χ1) is 11.7. The van der Waals surface area contributed by atoms with Gasteiger partial charge < -0.3 is 10.1 Å². The van der Waals surface area contributed by atoms with Crippen molar-refractivity contribution in [2.45, 2.75) is 25.0 Å². The number of nitrogens with zero attached hydrogens (tertiary/aromatic N) is 2. The van der Waals surface area contributed by atoms with Crippen LogP contribution in [0.2, 0.25) is 0 Å². The van der Waals surface area contributed by atoms with Crippen LogP contribution in [-0.2, 0) is 17.6 Å². The number of benzene rings is 1. The Balaban J connectivity index is 1.42. The summed E-state index contributed by atoms with van der Waals surface area (Å²) < 4.78 is 5.53. The van der Waals surface area contributed by atoms with E-state index in [0.717, 1.165) is 46.8 Å². The first-order valence-corrected chi connectivity index (χ1v) is 9.65. The predicted molar refractivity (Wildman–Crippen MR) is 98.0 cm³/mol. The molecule has 0 aliphatic carbocycles. The Bertz CT molecular complexity index is 816. The van der Waals surface area contributed by atoms with Crippen LogP contribution in [-0.4, -0.2) is 34.5 Å². The van der Waals surface area contributed by atoms with Crippen LogP contribution >= 0.6 is 23.1 Å². The van der Waals surface area contributed by atoms with Crippen molar-refractivity contribution in [1.29, 1.82) is 0 Å². The van der Waals surface area contributed by atoms with Crippen molar-refractivity contribution < 1.29 is 9.53 Å². The highest BCUT2D eigenvalue weighted by Crippen LogP contribution is 2.32. The third-order valence-corrected chi connectivity index (χ3v) is 5.83. The summed E-state index contributed by atoms with van der Waals surface area (Å²) in [6.45, 7) is 3.62. The molecule has 1 atom stereocenters. The highest BCUT2D eigenvalue weighted by molar-refractivity contribution is 8.14. The maximum absolute atomic E-state index is 12.1. The number of thiazole rings is 1. The maximum Gasteiger partial charge on any atom is 0.231 e. The van der Waals surface area contributed by atoms with Gasteiger partial charge in [0.1, 0.15) is 10.8 Å². The van der Waals surface area contributed by atoms with E-state index in [1.165, 1.54) is 5.56 Å². The van der Waals surface area contributed by atoms with E-state index in [1.807, 2.05) is 17.5 Å². The van der Waals surface area contributed by atoms with Crippen LogP contribution in [0.4, 0.5) is 0 Å². The predicted octanol–water partition coefficient (Wildman–Crippen LogP) is 2.90. The molecule has 7 heteroatoms. The standard InChI is InChI=1S/C17H17N3O2S2/c1-10-8-18-17(24-10)20-15(21)7-13-9-23-16(19-13)12-2-3-14-11(6-12)4-5-22-14/h2-3,6,9-10H,4-5,7-8H2,1H3,(H,18,20,21). The molecule has 3 heterocycles. The van der Waals surface area contributed by atoms with Gasteiger partial charge in [0.05, 0.1) is 25.3 Å². The molecule has 0 bridgehead atoms. The lowest BCUT2D eigenvalue weighted by molar-refractivity contribution is -0.119. The SMILES string of the molecule is CC1CN=C(NC(=O)Cc2csc(-c3ccc4c(c3)CCO4)n2)S1. The molecule has 2 aliphatic heterocycles. The first-order valence-electron chi connectivity index (χ1n) is 7.89. The van der Waals surface area contributed by atoms with E-state index >= 15 is 0 Å². The van der Waals surface area contributed by atoms with Gasteiger partial charge in [0.2, 0.25) is 5.91 Å². The van der Waals surface area contributed by atoms with E-state index in [-0.39, 0.29) is 12.3 Å². The van der Waals surface area contributed by atoms with E-state index in [0.29, 0.717) is 5.25 Å². The molecular formula is C17H17N3O2S2. The molecule has 4 rings (SSSR count). The molecule has 0 radical (unpaired) electrons. The number of fused-ring (bicyclic) bond motifs is 1. The Morgan fingerprint density at radius 2 is 2.38 bits per heavy atom. The molecule has 5 nitrogen and oxygen atoms in total. The Kier molecular flexibility index (Phi) is 4.28. The zero-order valence-corrected chi connectivity index (χ0v) is 14.9. The quantitative estimate of drug-likeness (QED) is 0.915. The topological polar surface area (TPSA) is 63.6 Å². The fraction of sp³-hybridized carbons (Fsp3) is 0.353. The van der Waals surface area contributed by atoms with Gasteiger partial charge in [0.25, 0.3) is 0 Å². The van der Waals surface area contributed by atoms with Gasteiger partial charge >= 0.3 is 0 Å². The first kappa shape index (κ1) is 15.7. The Hall–Kier alpha value is -1.86.